The normalized spacial score (nSPS) is 17.9. The lowest BCUT2D eigenvalue weighted by molar-refractivity contribution is -0.151. The molecule has 0 spiro atoms. The molecule has 1 aliphatic heterocycles. The van der Waals surface area contributed by atoms with Gasteiger partial charge in [0, 0.05) is 24.3 Å². The van der Waals surface area contributed by atoms with Gasteiger partial charge in [-0.05, 0) is 61.6 Å². The highest BCUT2D eigenvalue weighted by Crippen LogP contribution is 2.27. The van der Waals surface area contributed by atoms with Crippen LogP contribution in [0.5, 0.6) is 0 Å². The molecular weight excluding hydrogens is 368 g/mol. The quantitative estimate of drug-likeness (QED) is 0.794. The van der Waals surface area contributed by atoms with Gasteiger partial charge in [0.25, 0.3) is 5.91 Å². The largest absolute Gasteiger partial charge is 0.455 e. The smallest absolute Gasteiger partial charge is 0.311 e. The molecule has 2 amide bonds. The number of aryl methyl sites for hydroxylation is 3. The van der Waals surface area contributed by atoms with Gasteiger partial charge in [0.1, 0.15) is 0 Å². The summed E-state index contributed by atoms with van der Waals surface area (Å²) < 4.78 is 5.17. The van der Waals surface area contributed by atoms with Gasteiger partial charge in [-0.25, -0.2) is 0 Å². The molecule has 4 rings (SSSR count). The second-order valence-corrected chi connectivity index (χ2v) is 7.73. The Morgan fingerprint density at radius 3 is 2.66 bits per heavy atom. The van der Waals surface area contributed by atoms with Crippen LogP contribution < -0.4 is 10.2 Å². The van der Waals surface area contributed by atoms with Crippen molar-refractivity contribution in [3.63, 3.8) is 0 Å². The van der Waals surface area contributed by atoms with Crippen LogP contribution in [0.25, 0.3) is 0 Å². The van der Waals surface area contributed by atoms with Gasteiger partial charge in [0.05, 0.1) is 5.92 Å². The molecule has 2 aromatic rings. The highest BCUT2D eigenvalue weighted by molar-refractivity contribution is 6.00. The highest BCUT2D eigenvalue weighted by atomic mass is 16.5. The van der Waals surface area contributed by atoms with Crippen molar-refractivity contribution < 1.29 is 19.1 Å². The van der Waals surface area contributed by atoms with Gasteiger partial charge in [0.2, 0.25) is 5.91 Å². The van der Waals surface area contributed by atoms with E-state index in [1.54, 1.807) is 4.90 Å². The van der Waals surface area contributed by atoms with Crippen LogP contribution in [-0.2, 0) is 32.0 Å². The minimum atomic E-state index is -0.559. The summed E-state index contributed by atoms with van der Waals surface area (Å²) >= 11 is 0. The molecule has 0 bridgehead atoms. The second kappa shape index (κ2) is 8.07. The number of hydrogen-bond acceptors (Lipinski definition) is 4. The Balaban J connectivity index is 1.29. The molecule has 1 N–H and O–H groups in total. The summed E-state index contributed by atoms with van der Waals surface area (Å²) in [5.74, 6) is -1.57. The molecule has 0 radical (unpaired) electrons. The summed E-state index contributed by atoms with van der Waals surface area (Å²) in [7, 11) is 0. The van der Waals surface area contributed by atoms with E-state index in [2.05, 4.69) is 5.32 Å². The zero-order chi connectivity index (χ0) is 20.4. The number of anilines is 2. The second-order valence-electron chi connectivity index (χ2n) is 7.73. The fourth-order valence-electron chi connectivity index (χ4n) is 3.94. The fraction of sp³-hybridized carbons (Fsp3) is 0.348. The number of ether oxygens (including phenoxy) is 1. The van der Waals surface area contributed by atoms with E-state index in [1.807, 2.05) is 49.4 Å². The Kier molecular flexibility index (Phi) is 5.34. The van der Waals surface area contributed by atoms with E-state index >= 15 is 0 Å². The Hall–Kier alpha value is -3.15. The van der Waals surface area contributed by atoms with Gasteiger partial charge in [-0.1, -0.05) is 23.8 Å². The summed E-state index contributed by atoms with van der Waals surface area (Å²) in [6, 6.07) is 13.5. The van der Waals surface area contributed by atoms with Crippen molar-refractivity contribution in [1.29, 1.82) is 0 Å². The van der Waals surface area contributed by atoms with Crippen molar-refractivity contribution in [2.24, 2.45) is 5.92 Å². The predicted molar refractivity (Wildman–Crippen MR) is 110 cm³/mol. The summed E-state index contributed by atoms with van der Waals surface area (Å²) in [5.41, 5.74) is 5.18. The molecule has 0 saturated carbocycles. The lowest BCUT2D eigenvalue weighted by Gasteiger charge is -2.16. The van der Waals surface area contributed by atoms with Gasteiger partial charge < -0.3 is 15.0 Å². The number of esters is 1. The first-order chi connectivity index (χ1) is 14.0. The lowest BCUT2D eigenvalue weighted by atomic mass is 10.1. The molecule has 1 unspecified atom stereocenters. The number of benzene rings is 2. The number of nitrogens with zero attached hydrogens (tertiary/aromatic N) is 1. The van der Waals surface area contributed by atoms with E-state index in [-0.39, 0.29) is 31.4 Å². The first-order valence-corrected chi connectivity index (χ1v) is 9.95. The van der Waals surface area contributed by atoms with Gasteiger partial charge in [-0.15, -0.1) is 0 Å². The van der Waals surface area contributed by atoms with Gasteiger partial charge in [-0.3, -0.25) is 14.4 Å². The van der Waals surface area contributed by atoms with E-state index in [1.165, 1.54) is 11.1 Å². The molecule has 1 saturated heterocycles. The van der Waals surface area contributed by atoms with Gasteiger partial charge in [0.15, 0.2) is 6.61 Å². The molecule has 2 aromatic carbocycles. The van der Waals surface area contributed by atoms with E-state index in [0.717, 1.165) is 30.5 Å². The van der Waals surface area contributed by atoms with Crippen molar-refractivity contribution in [2.75, 3.05) is 23.4 Å². The Bertz CT molecular complexity index is 952. The van der Waals surface area contributed by atoms with E-state index < -0.39 is 11.9 Å². The maximum Gasteiger partial charge on any atom is 0.311 e. The summed E-state index contributed by atoms with van der Waals surface area (Å²) in [4.78, 5) is 38.4. The van der Waals surface area contributed by atoms with Crippen LogP contribution in [0.4, 0.5) is 11.4 Å². The number of carbonyl (C=O) groups excluding carboxylic acids is 3. The first-order valence-electron chi connectivity index (χ1n) is 9.95. The summed E-state index contributed by atoms with van der Waals surface area (Å²) in [6.45, 7) is 1.89. The van der Waals surface area contributed by atoms with Crippen LogP contribution in [-0.4, -0.2) is 30.9 Å². The van der Waals surface area contributed by atoms with Crippen LogP contribution in [0.2, 0.25) is 0 Å². The zero-order valence-electron chi connectivity index (χ0n) is 16.4. The molecular formula is C23H24N2O4. The highest BCUT2D eigenvalue weighted by Gasteiger charge is 2.36. The number of amides is 2. The average Bonchev–Trinajstić information content (AvgIpc) is 3.33. The van der Waals surface area contributed by atoms with E-state index in [9.17, 15) is 14.4 Å². The molecule has 29 heavy (non-hydrogen) atoms. The topological polar surface area (TPSA) is 75.7 Å². The van der Waals surface area contributed by atoms with Crippen molar-refractivity contribution in [3.8, 4) is 0 Å². The van der Waals surface area contributed by atoms with Crippen molar-refractivity contribution in [3.05, 3.63) is 59.2 Å². The number of nitrogens with one attached hydrogen (secondary N) is 1. The first kappa shape index (κ1) is 19.2. The molecule has 1 fully saturated rings. The van der Waals surface area contributed by atoms with Crippen LogP contribution in [0.1, 0.15) is 29.5 Å². The molecule has 0 aromatic heterocycles. The van der Waals surface area contributed by atoms with Crippen LogP contribution in [0.15, 0.2) is 42.5 Å². The number of fused-ring (bicyclic) bond motifs is 1. The monoisotopic (exact) mass is 392 g/mol. The molecule has 1 atom stereocenters. The molecule has 2 aliphatic rings. The average molecular weight is 392 g/mol. The van der Waals surface area contributed by atoms with Crippen molar-refractivity contribution in [2.45, 2.75) is 32.6 Å². The van der Waals surface area contributed by atoms with Crippen LogP contribution >= 0.6 is 0 Å². The standard InChI is InChI=1S/C23H24N2O4/c1-15-5-9-20(10-6-15)25-13-18(12-22(25)27)23(28)29-14-21(26)24-19-8-7-16-3-2-4-17(16)11-19/h5-11,18H,2-4,12-14H2,1H3,(H,24,26). The van der Waals surface area contributed by atoms with E-state index in [4.69, 9.17) is 4.74 Å². The maximum atomic E-state index is 12.4. The minimum Gasteiger partial charge on any atom is -0.455 e. The zero-order valence-corrected chi connectivity index (χ0v) is 16.4. The summed E-state index contributed by atoms with van der Waals surface area (Å²) in [6.07, 6.45) is 3.35. The lowest BCUT2D eigenvalue weighted by Crippen LogP contribution is -2.28. The third-order valence-electron chi connectivity index (χ3n) is 5.53. The number of carbonyl (C=O) groups is 3. The Labute approximate surface area is 169 Å². The molecule has 6 nitrogen and oxygen atoms in total. The number of hydrogen-bond donors (Lipinski definition) is 1. The molecule has 150 valence electrons. The van der Waals surface area contributed by atoms with Crippen LogP contribution in [0, 0.1) is 12.8 Å². The van der Waals surface area contributed by atoms with Crippen molar-refractivity contribution in [1.82, 2.24) is 0 Å². The Morgan fingerprint density at radius 2 is 1.86 bits per heavy atom. The molecule has 1 aliphatic carbocycles. The van der Waals surface area contributed by atoms with Gasteiger partial charge in [-0.2, -0.15) is 0 Å². The third-order valence-corrected chi connectivity index (χ3v) is 5.53. The van der Waals surface area contributed by atoms with Crippen LogP contribution in [0.3, 0.4) is 0 Å². The molecule has 6 heteroatoms. The third kappa shape index (κ3) is 4.31. The maximum absolute atomic E-state index is 12.4. The summed E-state index contributed by atoms with van der Waals surface area (Å²) in [5, 5.41) is 2.77. The fourth-order valence-corrected chi connectivity index (χ4v) is 3.94. The Morgan fingerprint density at radius 1 is 1.10 bits per heavy atom. The van der Waals surface area contributed by atoms with E-state index in [0.29, 0.717) is 5.69 Å². The van der Waals surface area contributed by atoms with Gasteiger partial charge >= 0.3 is 5.97 Å². The predicted octanol–water partition coefficient (Wildman–Crippen LogP) is 3.02. The van der Waals surface area contributed by atoms with Crippen molar-refractivity contribution >= 4 is 29.2 Å². The SMILES string of the molecule is Cc1ccc(N2CC(C(=O)OCC(=O)Nc3ccc4c(c3)CCC4)CC2=O)cc1. The molecule has 1 heterocycles. The number of rotatable bonds is 5. The minimum absolute atomic E-state index is 0.0964.